The molecule has 0 saturated heterocycles. The quantitative estimate of drug-likeness (QED) is 0.0458. The van der Waals surface area contributed by atoms with E-state index < -0.39 is 0 Å². The first-order valence-electron chi connectivity index (χ1n) is 24.7. The molecular formula is C50H99NO3. The van der Waals surface area contributed by atoms with Crippen LogP contribution in [0.15, 0.2) is 0 Å². The van der Waals surface area contributed by atoms with Crippen molar-refractivity contribution in [2.75, 3.05) is 27.2 Å². The zero-order chi connectivity index (χ0) is 39.7. The maximum atomic E-state index is 13.2. The lowest BCUT2D eigenvalue weighted by Gasteiger charge is -2.19. The van der Waals surface area contributed by atoms with Crippen molar-refractivity contribution in [3.05, 3.63) is 0 Å². The maximum absolute atomic E-state index is 13.2. The molecule has 0 rings (SSSR count). The zero-order valence-corrected chi connectivity index (χ0v) is 38.0. The van der Waals surface area contributed by atoms with E-state index >= 15 is 0 Å². The standard InChI is InChI=1S/C50H99NO3/c1-7-11-15-19-23-32-39-47(38-30-17-13-9-3)49(52)42-34-25-21-22-28-36-46(43-44-51(5)6)37-29-26-27-35-45-54-50(53)48(40-31-18-14-10-4)41-33-24-20-16-12-8-2/h46-48H,7-45H2,1-6H3. The summed E-state index contributed by atoms with van der Waals surface area (Å²) < 4.78 is 5.86. The molecule has 0 fully saturated rings. The van der Waals surface area contributed by atoms with Crippen molar-refractivity contribution in [2.45, 2.75) is 265 Å². The van der Waals surface area contributed by atoms with E-state index in [1.54, 1.807) is 0 Å². The highest BCUT2D eigenvalue weighted by Gasteiger charge is 2.20. The molecule has 3 atom stereocenters. The van der Waals surface area contributed by atoms with E-state index in [1.807, 2.05) is 0 Å². The second-order valence-electron chi connectivity index (χ2n) is 17.8. The van der Waals surface area contributed by atoms with Gasteiger partial charge in [0.15, 0.2) is 0 Å². The van der Waals surface area contributed by atoms with Gasteiger partial charge in [0.25, 0.3) is 0 Å². The van der Waals surface area contributed by atoms with Crippen LogP contribution in [0.3, 0.4) is 0 Å². The van der Waals surface area contributed by atoms with Gasteiger partial charge < -0.3 is 9.64 Å². The van der Waals surface area contributed by atoms with Crippen LogP contribution >= 0.6 is 0 Å². The SMILES string of the molecule is CCCCCCCCC(CCCCCC)C(=O)CCCCCCCC(CCCCCCOC(=O)C(CCCCCC)CCCCCCCC)CCN(C)C. The molecular weight excluding hydrogens is 663 g/mol. The van der Waals surface area contributed by atoms with Crippen LogP contribution in [0.1, 0.15) is 265 Å². The van der Waals surface area contributed by atoms with Crippen molar-refractivity contribution in [3.63, 3.8) is 0 Å². The van der Waals surface area contributed by atoms with Crippen molar-refractivity contribution in [2.24, 2.45) is 17.8 Å². The fourth-order valence-corrected chi connectivity index (χ4v) is 8.34. The summed E-state index contributed by atoms with van der Waals surface area (Å²) in [6, 6.07) is 0. The Bertz CT molecular complexity index is 724. The van der Waals surface area contributed by atoms with Gasteiger partial charge in [-0.25, -0.2) is 0 Å². The summed E-state index contributed by atoms with van der Waals surface area (Å²) in [4.78, 5) is 28.6. The molecule has 0 aliphatic heterocycles. The number of hydrogen-bond acceptors (Lipinski definition) is 4. The predicted octanol–water partition coefficient (Wildman–Crippen LogP) is 16.0. The minimum Gasteiger partial charge on any atom is -0.465 e. The van der Waals surface area contributed by atoms with Gasteiger partial charge in [-0.3, -0.25) is 9.59 Å². The molecule has 4 heteroatoms. The van der Waals surface area contributed by atoms with Crippen LogP contribution < -0.4 is 0 Å². The number of ether oxygens (including phenoxy) is 1. The van der Waals surface area contributed by atoms with Crippen LogP contribution in [-0.2, 0) is 14.3 Å². The van der Waals surface area contributed by atoms with Crippen molar-refractivity contribution < 1.29 is 14.3 Å². The number of unbranched alkanes of at least 4 members (excludes halogenated alkanes) is 23. The van der Waals surface area contributed by atoms with Gasteiger partial charge in [-0.1, -0.05) is 214 Å². The summed E-state index contributed by atoms with van der Waals surface area (Å²) >= 11 is 0. The molecule has 0 aliphatic rings. The number of hydrogen-bond donors (Lipinski definition) is 0. The minimum absolute atomic E-state index is 0.0842. The van der Waals surface area contributed by atoms with E-state index in [0.717, 1.165) is 50.9 Å². The first-order valence-corrected chi connectivity index (χ1v) is 24.7. The molecule has 0 aromatic heterocycles. The Morgan fingerprint density at radius 3 is 1.20 bits per heavy atom. The second-order valence-corrected chi connectivity index (χ2v) is 17.8. The summed E-state index contributed by atoms with van der Waals surface area (Å²) in [5.41, 5.74) is 0. The molecule has 0 N–H and O–H groups in total. The van der Waals surface area contributed by atoms with E-state index in [0.29, 0.717) is 18.3 Å². The third-order valence-corrected chi connectivity index (χ3v) is 12.2. The molecule has 322 valence electrons. The molecule has 3 unspecified atom stereocenters. The second kappa shape index (κ2) is 41.7. The van der Waals surface area contributed by atoms with Crippen molar-refractivity contribution in [3.8, 4) is 0 Å². The van der Waals surface area contributed by atoms with Crippen molar-refractivity contribution >= 4 is 11.8 Å². The lowest BCUT2D eigenvalue weighted by molar-refractivity contribution is -0.149. The van der Waals surface area contributed by atoms with Gasteiger partial charge in [-0.15, -0.1) is 0 Å². The number of esters is 1. The topological polar surface area (TPSA) is 46.6 Å². The highest BCUT2D eigenvalue weighted by Crippen LogP contribution is 2.25. The van der Waals surface area contributed by atoms with E-state index in [2.05, 4.69) is 46.7 Å². The molecule has 0 aromatic carbocycles. The number of ketones is 1. The van der Waals surface area contributed by atoms with E-state index in [-0.39, 0.29) is 11.9 Å². The minimum atomic E-state index is 0.0842. The highest BCUT2D eigenvalue weighted by molar-refractivity contribution is 5.80. The normalized spacial score (nSPS) is 13.4. The monoisotopic (exact) mass is 762 g/mol. The summed E-state index contributed by atoms with van der Waals surface area (Å²) in [6.07, 6.45) is 45.7. The average Bonchev–Trinajstić information content (AvgIpc) is 3.16. The Morgan fingerprint density at radius 2 is 0.759 bits per heavy atom. The lowest BCUT2D eigenvalue weighted by atomic mass is 9.88. The number of carbonyl (C=O) groups excluding carboxylic acids is 2. The van der Waals surface area contributed by atoms with Crippen LogP contribution in [0.5, 0.6) is 0 Å². The van der Waals surface area contributed by atoms with Crippen LogP contribution in [0.2, 0.25) is 0 Å². The molecule has 0 heterocycles. The number of rotatable bonds is 44. The summed E-state index contributed by atoms with van der Waals surface area (Å²) in [5.74, 6) is 1.92. The molecule has 0 spiro atoms. The first-order chi connectivity index (χ1) is 26.4. The Balaban J connectivity index is 4.37. The van der Waals surface area contributed by atoms with Crippen molar-refractivity contribution in [1.82, 2.24) is 4.90 Å². The van der Waals surface area contributed by atoms with Gasteiger partial charge in [0, 0.05) is 12.3 Å². The molecule has 0 saturated carbocycles. The molecule has 0 bridgehead atoms. The van der Waals surface area contributed by atoms with E-state index in [4.69, 9.17) is 4.74 Å². The Morgan fingerprint density at radius 1 is 0.407 bits per heavy atom. The van der Waals surface area contributed by atoms with Gasteiger partial charge in [0.2, 0.25) is 0 Å². The van der Waals surface area contributed by atoms with E-state index in [1.165, 1.54) is 199 Å². The van der Waals surface area contributed by atoms with Gasteiger partial charge in [-0.05, 0) is 71.5 Å². The Hall–Kier alpha value is -0.900. The van der Waals surface area contributed by atoms with Gasteiger partial charge >= 0.3 is 5.97 Å². The van der Waals surface area contributed by atoms with E-state index in [9.17, 15) is 9.59 Å². The Labute approximate surface area is 340 Å². The smallest absolute Gasteiger partial charge is 0.308 e. The van der Waals surface area contributed by atoms with Crippen LogP contribution in [0, 0.1) is 17.8 Å². The van der Waals surface area contributed by atoms with Gasteiger partial charge in [0.1, 0.15) is 5.78 Å². The Kier molecular flexibility index (Phi) is 41.0. The molecule has 0 aliphatic carbocycles. The molecule has 0 amide bonds. The molecule has 4 nitrogen and oxygen atoms in total. The predicted molar refractivity (Wildman–Crippen MR) is 239 cm³/mol. The third kappa shape index (κ3) is 35.5. The maximum Gasteiger partial charge on any atom is 0.308 e. The first kappa shape index (κ1) is 53.1. The summed E-state index contributed by atoms with van der Waals surface area (Å²) in [6.45, 7) is 10.9. The van der Waals surface area contributed by atoms with Gasteiger partial charge in [-0.2, -0.15) is 0 Å². The van der Waals surface area contributed by atoms with Crippen LogP contribution in [-0.4, -0.2) is 43.9 Å². The van der Waals surface area contributed by atoms with Crippen LogP contribution in [0.25, 0.3) is 0 Å². The van der Waals surface area contributed by atoms with Gasteiger partial charge in [0.05, 0.1) is 12.5 Å². The summed E-state index contributed by atoms with van der Waals surface area (Å²) in [5, 5.41) is 0. The fourth-order valence-electron chi connectivity index (χ4n) is 8.34. The number of Topliss-reactive ketones (excluding diaryl/α,β-unsaturated/α-hetero) is 1. The van der Waals surface area contributed by atoms with Crippen molar-refractivity contribution in [1.29, 1.82) is 0 Å². The number of carbonyl (C=O) groups is 2. The molecule has 0 radical (unpaired) electrons. The zero-order valence-electron chi connectivity index (χ0n) is 38.0. The molecule has 54 heavy (non-hydrogen) atoms. The highest BCUT2D eigenvalue weighted by atomic mass is 16.5. The largest absolute Gasteiger partial charge is 0.465 e. The summed E-state index contributed by atoms with van der Waals surface area (Å²) in [7, 11) is 4.40. The number of nitrogens with zero attached hydrogens (tertiary/aromatic N) is 1. The molecule has 0 aromatic rings. The fraction of sp³-hybridized carbons (Fsp3) is 0.960. The van der Waals surface area contributed by atoms with Crippen LogP contribution in [0.4, 0.5) is 0 Å². The lowest BCUT2D eigenvalue weighted by Crippen LogP contribution is -2.18. The third-order valence-electron chi connectivity index (χ3n) is 12.2. The average molecular weight is 762 g/mol.